The van der Waals surface area contributed by atoms with Gasteiger partial charge in [-0.05, 0) is 45.1 Å². The second kappa shape index (κ2) is 5.65. The quantitative estimate of drug-likeness (QED) is 0.814. The summed E-state index contributed by atoms with van der Waals surface area (Å²) in [7, 11) is 1.54. The van der Waals surface area contributed by atoms with E-state index >= 15 is 0 Å². The van der Waals surface area contributed by atoms with Crippen LogP contribution < -0.4 is 5.32 Å². The van der Waals surface area contributed by atoms with Crippen LogP contribution in [0, 0.1) is 5.92 Å². The molecule has 0 aromatic carbocycles. The molecule has 7 heteroatoms. The number of carbonyl (C=O) groups excluding carboxylic acids is 1. The Morgan fingerprint density at radius 2 is 2.10 bits per heavy atom. The van der Waals surface area contributed by atoms with Gasteiger partial charge >= 0.3 is 0 Å². The molecular weight excluding hydrogens is 312 g/mol. The number of hydrogen-bond acceptors (Lipinski definition) is 3. The molecule has 0 bridgehead atoms. The summed E-state index contributed by atoms with van der Waals surface area (Å²) in [5.41, 5.74) is 0.0584. The Labute approximate surface area is 130 Å². The van der Waals surface area contributed by atoms with Crippen molar-refractivity contribution in [2.45, 2.75) is 57.0 Å². The van der Waals surface area contributed by atoms with Crippen molar-refractivity contribution in [2.24, 2.45) is 5.92 Å². The second-order valence-electron chi connectivity index (χ2n) is 6.14. The molecule has 5 nitrogen and oxygen atoms in total. The van der Waals surface area contributed by atoms with Gasteiger partial charge in [0.2, 0.25) is 0 Å². The number of aromatic nitrogens is 1. The Bertz CT molecular complexity index is 645. The van der Waals surface area contributed by atoms with Crippen molar-refractivity contribution in [1.29, 1.82) is 0 Å². The van der Waals surface area contributed by atoms with Gasteiger partial charge in [0.1, 0.15) is 10.6 Å². The van der Waals surface area contributed by atoms with Crippen molar-refractivity contribution < 1.29 is 13.2 Å². The topological polar surface area (TPSA) is 68.2 Å². The molecule has 0 unspecified atom stereocenters. The summed E-state index contributed by atoms with van der Waals surface area (Å²) in [5, 5.41) is 3.00. The number of halogens is 1. The van der Waals surface area contributed by atoms with Crippen molar-refractivity contribution in [3.8, 4) is 0 Å². The van der Waals surface area contributed by atoms with Gasteiger partial charge in [0.05, 0.1) is 0 Å². The first-order chi connectivity index (χ1) is 9.65. The number of nitrogens with zero attached hydrogens (tertiary/aromatic N) is 1. The fraction of sp³-hybridized carbons (Fsp3) is 0.643. The molecule has 1 aromatic heterocycles. The fourth-order valence-electron chi connectivity index (χ4n) is 2.50. The highest BCUT2D eigenvalue weighted by Gasteiger charge is 2.39. The molecule has 1 aliphatic carbocycles. The number of aryl methyl sites for hydroxylation is 1. The zero-order chi connectivity index (χ0) is 15.8. The maximum atomic E-state index is 12.5. The first kappa shape index (κ1) is 16.4. The molecule has 0 spiro atoms. The molecule has 1 N–H and O–H groups in total. The third-order valence-electron chi connectivity index (χ3n) is 3.88. The van der Waals surface area contributed by atoms with Crippen molar-refractivity contribution >= 4 is 25.6 Å². The second-order valence-corrected chi connectivity index (χ2v) is 8.71. The molecule has 1 saturated carbocycles. The summed E-state index contributed by atoms with van der Waals surface area (Å²) in [4.78, 5) is 12.4. The molecule has 0 saturated heterocycles. The zero-order valence-electron chi connectivity index (χ0n) is 12.5. The monoisotopic (exact) mass is 332 g/mol. The number of rotatable bonds is 6. The minimum Gasteiger partial charge on any atom is -0.346 e. The molecule has 0 atom stereocenters. The third kappa shape index (κ3) is 3.80. The van der Waals surface area contributed by atoms with Crippen LogP contribution in [0.1, 0.15) is 50.5 Å². The summed E-state index contributed by atoms with van der Waals surface area (Å²) in [6.07, 6.45) is 4.45. The molecule has 1 aromatic rings. The van der Waals surface area contributed by atoms with Crippen molar-refractivity contribution in [2.75, 3.05) is 0 Å². The predicted octanol–water partition coefficient (Wildman–Crippen LogP) is 2.74. The summed E-state index contributed by atoms with van der Waals surface area (Å²) in [6.45, 7) is 6.52. The highest BCUT2D eigenvalue weighted by Crippen LogP contribution is 2.39. The largest absolute Gasteiger partial charge is 0.346 e. The molecule has 118 valence electrons. The van der Waals surface area contributed by atoms with Crippen LogP contribution in [0.2, 0.25) is 0 Å². The van der Waals surface area contributed by atoms with Crippen LogP contribution in [0.25, 0.3) is 0 Å². The first-order valence-electron chi connectivity index (χ1n) is 7.12. The van der Waals surface area contributed by atoms with Gasteiger partial charge in [-0.1, -0.05) is 6.92 Å². The van der Waals surface area contributed by atoms with Gasteiger partial charge < -0.3 is 9.88 Å². The van der Waals surface area contributed by atoms with Crippen LogP contribution in [0.4, 0.5) is 0 Å². The number of nitrogens with one attached hydrogen (secondary N) is 1. The molecule has 1 fully saturated rings. The van der Waals surface area contributed by atoms with Gasteiger partial charge in [0.25, 0.3) is 15.0 Å². The Hall–Kier alpha value is -1.01. The standard InChI is InChI=1S/C14H21ClN2O3S/c1-4-7-17-9-11(21(15,19)20)8-12(17)13(18)16-14(2,3)10-5-6-10/h8-10H,4-7H2,1-3H3,(H,16,18). The van der Waals surface area contributed by atoms with Gasteiger partial charge in [0, 0.05) is 29.0 Å². The van der Waals surface area contributed by atoms with E-state index in [1.807, 2.05) is 20.8 Å². The van der Waals surface area contributed by atoms with E-state index in [0.717, 1.165) is 19.3 Å². The van der Waals surface area contributed by atoms with Crippen LogP contribution in [0.5, 0.6) is 0 Å². The number of hydrogen-bond donors (Lipinski definition) is 1. The Morgan fingerprint density at radius 1 is 1.48 bits per heavy atom. The maximum Gasteiger partial charge on any atom is 0.268 e. The van der Waals surface area contributed by atoms with E-state index in [1.165, 1.54) is 12.3 Å². The molecule has 1 heterocycles. The summed E-state index contributed by atoms with van der Waals surface area (Å²) < 4.78 is 24.5. The average molecular weight is 333 g/mol. The van der Waals surface area contributed by atoms with Crippen molar-refractivity contribution in [1.82, 2.24) is 9.88 Å². The van der Waals surface area contributed by atoms with Crippen LogP contribution in [0.3, 0.4) is 0 Å². The lowest BCUT2D eigenvalue weighted by Crippen LogP contribution is -2.45. The zero-order valence-corrected chi connectivity index (χ0v) is 14.1. The van der Waals surface area contributed by atoms with E-state index < -0.39 is 9.05 Å². The van der Waals surface area contributed by atoms with E-state index in [0.29, 0.717) is 18.2 Å². The summed E-state index contributed by atoms with van der Waals surface area (Å²) in [5.74, 6) is 0.235. The van der Waals surface area contributed by atoms with E-state index in [9.17, 15) is 13.2 Å². The summed E-state index contributed by atoms with van der Waals surface area (Å²) in [6, 6.07) is 1.34. The fourth-order valence-corrected chi connectivity index (χ4v) is 3.26. The lowest BCUT2D eigenvalue weighted by molar-refractivity contribution is 0.0893. The van der Waals surface area contributed by atoms with E-state index in [2.05, 4.69) is 5.32 Å². The SMILES string of the molecule is CCCn1cc(S(=O)(=O)Cl)cc1C(=O)NC(C)(C)C1CC1. The van der Waals surface area contributed by atoms with Crippen LogP contribution >= 0.6 is 10.7 Å². The molecule has 21 heavy (non-hydrogen) atoms. The van der Waals surface area contributed by atoms with Crippen molar-refractivity contribution in [3.63, 3.8) is 0 Å². The summed E-state index contributed by atoms with van der Waals surface area (Å²) >= 11 is 0. The first-order valence-corrected chi connectivity index (χ1v) is 9.43. The smallest absolute Gasteiger partial charge is 0.268 e. The van der Waals surface area contributed by atoms with E-state index in [-0.39, 0.29) is 16.3 Å². The Balaban J connectivity index is 2.28. The van der Waals surface area contributed by atoms with Gasteiger partial charge in [-0.2, -0.15) is 0 Å². The number of carbonyl (C=O) groups is 1. The van der Waals surface area contributed by atoms with E-state index in [4.69, 9.17) is 10.7 Å². The predicted molar refractivity (Wildman–Crippen MR) is 82.0 cm³/mol. The lowest BCUT2D eigenvalue weighted by Gasteiger charge is -2.26. The number of amides is 1. The lowest BCUT2D eigenvalue weighted by atomic mass is 9.98. The Kier molecular flexibility index (Phi) is 4.40. The van der Waals surface area contributed by atoms with Gasteiger partial charge in [0.15, 0.2) is 0 Å². The highest BCUT2D eigenvalue weighted by molar-refractivity contribution is 8.13. The van der Waals surface area contributed by atoms with Gasteiger partial charge in [-0.25, -0.2) is 8.42 Å². The van der Waals surface area contributed by atoms with Gasteiger partial charge in [-0.3, -0.25) is 4.79 Å². The third-order valence-corrected chi connectivity index (χ3v) is 5.20. The average Bonchev–Trinajstić information content (AvgIpc) is 3.10. The molecule has 1 amide bonds. The highest BCUT2D eigenvalue weighted by atomic mass is 35.7. The molecule has 2 rings (SSSR count). The van der Waals surface area contributed by atoms with E-state index in [1.54, 1.807) is 4.57 Å². The minimum atomic E-state index is -3.83. The molecule has 0 aliphatic heterocycles. The van der Waals surface area contributed by atoms with Crippen LogP contribution in [0.15, 0.2) is 17.2 Å². The van der Waals surface area contributed by atoms with Crippen LogP contribution in [-0.4, -0.2) is 24.4 Å². The van der Waals surface area contributed by atoms with Gasteiger partial charge in [-0.15, -0.1) is 0 Å². The normalized spacial score (nSPS) is 16.0. The molecule has 0 radical (unpaired) electrons. The maximum absolute atomic E-state index is 12.5. The molecular formula is C14H21ClN2O3S. The van der Waals surface area contributed by atoms with Crippen LogP contribution in [-0.2, 0) is 15.6 Å². The minimum absolute atomic E-state index is 0.0352. The molecule has 1 aliphatic rings. The Morgan fingerprint density at radius 3 is 2.57 bits per heavy atom. The van der Waals surface area contributed by atoms with Crippen molar-refractivity contribution in [3.05, 3.63) is 18.0 Å².